The second kappa shape index (κ2) is 10.00. The van der Waals surface area contributed by atoms with Crippen molar-refractivity contribution in [2.75, 3.05) is 13.1 Å². The monoisotopic (exact) mass is 278 g/mol. The maximum atomic E-state index is 11.5. The summed E-state index contributed by atoms with van der Waals surface area (Å²) < 4.78 is 0. The number of amides is 2. The Bertz CT molecular complexity index is 358. The minimum atomic E-state index is -1.26. The van der Waals surface area contributed by atoms with E-state index in [0.717, 1.165) is 0 Å². The fourth-order valence-electron chi connectivity index (χ4n) is 1.10. The molecule has 0 aromatic rings. The standard InChI is InChI=1S/C12H20N2O4.Na/c1-7(2)10(15)13-5-6-14-11(16)8(3)9(4)12(17)18;/h8-9H,1,5-6H2,2-4H3,(H,13,15)(H,14,16)(H,17,18);/q;+1/p-1. The molecule has 0 aromatic heterocycles. The summed E-state index contributed by atoms with van der Waals surface area (Å²) in [7, 11) is 0. The van der Waals surface area contributed by atoms with Crippen molar-refractivity contribution in [1.82, 2.24) is 10.6 Å². The van der Waals surface area contributed by atoms with E-state index in [4.69, 9.17) is 0 Å². The van der Waals surface area contributed by atoms with E-state index in [2.05, 4.69) is 17.2 Å². The van der Waals surface area contributed by atoms with Gasteiger partial charge in [0.05, 0.1) is 0 Å². The van der Waals surface area contributed by atoms with Crippen molar-refractivity contribution in [3.63, 3.8) is 0 Å². The van der Waals surface area contributed by atoms with Crippen LogP contribution in [-0.2, 0) is 14.4 Å². The summed E-state index contributed by atoms with van der Waals surface area (Å²) in [6.07, 6.45) is 0. The van der Waals surface area contributed by atoms with E-state index in [-0.39, 0.29) is 54.5 Å². The van der Waals surface area contributed by atoms with Crippen LogP contribution >= 0.6 is 0 Å². The van der Waals surface area contributed by atoms with E-state index in [1.54, 1.807) is 6.92 Å². The molecule has 0 rings (SSSR count). The number of carbonyl (C=O) groups is 3. The summed E-state index contributed by atoms with van der Waals surface area (Å²) in [5, 5.41) is 15.7. The van der Waals surface area contributed by atoms with Crippen LogP contribution < -0.4 is 45.3 Å². The molecule has 0 radical (unpaired) electrons. The molecule has 0 heterocycles. The van der Waals surface area contributed by atoms with Gasteiger partial charge in [-0.25, -0.2) is 0 Å². The minimum Gasteiger partial charge on any atom is -0.550 e. The van der Waals surface area contributed by atoms with Crippen molar-refractivity contribution in [2.24, 2.45) is 11.8 Å². The molecule has 0 spiro atoms. The molecule has 0 saturated carbocycles. The molecule has 0 aromatic carbocycles. The molecule has 6 nitrogen and oxygen atoms in total. The fourth-order valence-corrected chi connectivity index (χ4v) is 1.10. The normalized spacial score (nSPS) is 12.6. The Morgan fingerprint density at radius 3 is 2.00 bits per heavy atom. The average molecular weight is 278 g/mol. The first-order chi connectivity index (χ1) is 8.27. The van der Waals surface area contributed by atoms with Crippen LogP contribution in [0.2, 0.25) is 0 Å². The first-order valence-electron chi connectivity index (χ1n) is 5.69. The first-order valence-corrected chi connectivity index (χ1v) is 5.69. The van der Waals surface area contributed by atoms with Gasteiger partial charge in [-0.1, -0.05) is 20.4 Å². The van der Waals surface area contributed by atoms with Gasteiger partial charge in [-0.15, -0.1) is 0 Å². The van der Waals surface area contributed by atoms with Crippen LogP contribution in [0.25, 0.3) is 0 Å². The van der Waals surface area contributed by atoms with Gasteiger partial charge < -0.3 is 20.5 Å². The summed E-state index contributed by atoms with van der Waals surface area (Å²) in [6.45, 7) is 8.49. The Balaban J connectivity index is 0. The van der Waals surface area contributed by atoms with Crippen molar-refractivity contribution >= 4 is 17.8 Å². The summed E-state index contributed by atoms with van der Waals surface area (Å²) in [4.78, 5) is 33.2. The van der Waals surface area contributed by atoms with Gasteiger partial charge in [0, 0.05) is 36.5 Å². The zero-order chi connectivity index (χ0) is 14.3. The minimum absolute atomic E-state index is 0. The van der Waals surface area contributed by atoms with Gasteiger partial charge in [0.25, 0.3) is 0 Å². The number of carboxylic acid groups (broad SMARTS) is 1. The zero-order valence-electron chi connectivity index (χ0n) is 11.9. The molecule has 0 saturated heterocycles. The number of nitrogens with one attached hydrogen (secondary N) is 2. The third-order valence-corrected chi connectivity index (χ3v) is 2.63. The van der Waals surface area contributed by atoms with Gasteiger partial charge in [-0.05, 0) is 6.92 Å². The number of carbonyl (C=O) groups excluding carboxylic acids is 3. The van der Waals surface area contributed by atoms with Crippen molar-refractivity contribution in [2.45, 2.75) is 20.8 Å². The molecule has 2 atom stereocenters. The van der Waals surface area contributed by atoms with Gasteiger partial charge in [-0.2, -0.15) is 0 Å². The van der Waals surface area contributed by atoms with Crippen LogP contribution in [0, 0.1) is 11.8 Å². The SMILES string of the molecule is C=C(C)C(=O)NCCNC(=O)C(C)C(C)C(=O)[O-].[Na+]. The van der Waals surface area contributed by atoms with Crippen LogP contribution in [0.1, 0.15) is 20.8 Å². The summed E-state index contributed by atoms with van der Waals surface area (Å²) in [5.74, 6) is -3.44. The number of rotatable bonds is 7. The van der Waals surface area contributed by atoms with Crippen molar-refractivity contribution < 1.29 is 49.0 Å². The molecule has 2 amide bonds. The predicted octanol–water partition coefficient (Wildman–Crippen LogP) is -4.18. The third-order valence-electron chi connectivity index (χ3n) is 2.63. The van der Waals surface area contributed by atoms with Crippen molar-refractivity contribution in [1.29, 1.82) is 0 Å². The first kappa shape index (κ1) is 20.5. The summed E-state index contributed by atoms with van der Waals surface area (Å²) in [6, 6.07) is 0. The second-order valence-corrected chi connectivity index (χ2v) is 4.22. The molecule has 2 N–H and O–H groups in total. The van der Waals surface area contributed by atoms with E-state index >= 15 is 0 Å². The van der Waals surface area contributed by atoms with E-state index in [9.17, 15) is 19.5 Å². The maximum absolute atomic E-state index is 11.5. The quantitative estimate of drug-likeness (QED) is 0.280. The molecule has 0 aliphatic heterocycles. The molecule has 0 aliphatic rings. The van der Waals surface area contributed by atoms with E-state index in [1.165, 1.54) is 13.8 Å². The zero-order valence-corrected chi connectivity index (χ0v) is 13.9. The topological polar surface area (TPSA) is 98.3 Å². The van der Waals surface area contributed by atoms with E-state index in [0.29, 0.717) is 5.57 Å². The molecule has 102 valence electrons. The van der Waals surface area contributed by atoms with Gasteiger partial charge in [0.1, 0.15) is 0 Å². The van der Waals surface area contributed by atoms with Crippen LogP contribution in [-0.4, -0.2) is 30.9 Å². The Morgan fingerprint density at radius 1 is 1.11 bits per heavy atom. The Labute approximate surface area is 135 Å². The molecule has 0 fully saturated rings. The Kier molecular flexibility index (Phi) is 10.8. The fraction of sp³-hybridized carbons (Fsp3) is 0.583. The maximum Gasteiger partial charge on any atom is 1.00 e. The number of carboxylic acids is 1. The van der Waals surface area contributed by atoms with E-state index < -0.39 is 17.8 Å². The molecule has 19 heavy (non-hydrogen) atoms. The number of hydrogen-bond donors (Lipinski definition) is 2. The van der Waals surface area contributed by atoms with Gasteiger partial charge in [0.2, 0.25) is 11.8 Å². The molecule has 2 unspecified atom stereocenters. The van der Waals surface area contributed by atoms with Gasteiger partial charge in [0.15, 0.2) is 0 Å². The van der Waals surface area contributed by atoms with Crippen LogP contribution in [0.5, 0.6) is 0 Å². The molecule has 0 aliphatic carbocycles. The summed E-state index contributed by atoms with van der Waals surface area (Å²) >= 11 is 0. The van der Waals surface area contributed by atoms with Gasteiger partial charge in [-0.3, -0.25) is 9.59 Å². The third kappa shape index (κ3) is 8.02. The average Bonchev–Trinajstić information content (AvgIpc) is 2.31. The smallest absolute Gasteiger partial charge is 0.550 e. The van der Waals surface area contributed by atoms with E-state index in [1.807, 2.05) is 0 Å². The molecule has 0 bridgehead atoms. The second-order valence-electron chi connectivity index (χ2n) is 4.22. The Hall–Kier alpha value is -0.850. The van der Waals surface area contributed by atoms with Gasteiger partial charge >= 0.3 is 29.6 Å². The van der Waals surface area contributed by atoms with Crippen LogP contribution in [0.4, 0.5) is 0 Å². The Morgan fingerprint density at radius 2 is 1.58 bits per heavy atom. The van der Waals surface area contributed by atoms with Crippen molar-refractivity contribution in [3.8, 4) is 0 Å². The number of aliphatic carboxylic acids is 1. The molecular formula is C12H19N2NaO4. The largest absolute Gasteiger partial charge is 1.00 e. The van der Waals surface area contributed by atoms with Crippen LogP contribution in [0.3, 0.4) is 0 Å². The summed E-state index contributed by atoms with van der Waals surface area (Å²) in [5.41, 5.74) is 0.389. The van der Waals surface area contributed by atoms with Crippen LogP contribution in [0.15, 0.2) is 12.2 Å². The predicted molar refractivity (Wildman–Crippen MR) is 64.2 cm³/mol. The van der Waals surface area contributed by atoms with Crippen molar-refractivity contribution in [3.05, 3.63) is 12.2 Å². The molecule has 7 heteroatoms. The number of hydrogen-bond acceptors (Lipinski definition) is 4. The molecular weight excluding hydrogens is 259 g/mol.